The summed E-state index contributed by atoms with van der Waals surface area (Å²) in [5.74, 6) is -0.328. The fourth-order valence-electron chi connectivity index (χ4n) is 2.44. The van der Waals surface area contributed by atoms with Crippen molar-refractivity contribution >= 4 is 5.91 Å². The molecule has 1 aliphatic carbocycles. The maximum absolute atomic E-state index is 11.4. The van der Waals surface area contributed by atoms with Gasteiger partial charge in [-0.25, -0.2) is 0 Å². The number of benzene rings is 1. The van der Waals surface area contributed by atoms with Crippen LogP contribution >= 0.6 is 0 Å². The van der Waals surface area contributed by atoms with E-state index in [0.29, 0.717) is 11.6 Å². The molecule has 0 aromatic heterocycles. The van der Waals surface area contributed by atoms with Crippen LogP contribution < -0.4 is 11.1 Å². The molecule has 2 rings (SSSR count). The lowest BCUT2D eigenvalue weighted by molar-refractivity contribution is 0.0999. The van der Waals surface area contributed by atoms with Gasteiger partial charge in [0.1, 0.15) is 0 Å². The standard InChI is InChI=1S/C14H18N2O/c1-2-8-16-11-7-6-10-4-3-5-12(14(15)17)13(10)9-11/h2-5,11,16H,1,6-9H2,(H2,15,17). The monoisotopic (exact) mass is 230 g/mol. The Kier molecular flexibility index (Phi) is 3.59. The Balaban J connectivity index is 2.22. The quantitative estimate of drug-likeness (QED) is 0.769. The van der Waals surface area contributed by atoms with E-state index in [1.807, 2.05) is 18.2 Å². The first-order valence-electron chi connectivity index (χ1n) is 5.97. The summed E-state index contributed by atoms with van der Waals surface area (Å²) < 4.78 is 0. The number of carbonyl (C=O) groups excluding carboxylic acids is 1. The minimum atomic E-state index is -0.328. The third-order valence-corrected chi connectivity index (χ3v) is 3.30. The van der Waals surface area contributed by atoms with Crippen molar-refractivity contribution in [3.8, 4) is 0 Å². The number of nitrogens with one attached hydrogen (secondary N) is 1. The fraction of sp³-hybridized carbons (Fsp3) is 0.357. The summed E-state index contributed by atoms with van der Waals surface area (Å²) in [5.41, 5.74) is 8.46. The third kappa shape index (κ3) is 2.56. The van der Waals surface area contributed by atoms with Gasteiger partial charge in [0.25, 0.3) is 0 Å². The van der Waals surface area contributed by atoms with E-state index in [2.05, 4.69) is 18.0 Å². The van der Waals surface area contributed by atoms with Crippen LogP contribution in [0.2, 0.25) is 0 Å². The van der Waals surface area contributed by atoms with Crippen LogP contribution in [0.3, 0.4) is 0 Å². The van der Waals surface area contributed by atoms with Crippen molar-refractivity contribution in [1.82, 2.24) is 5.32 Å². The highest BCUT2D eigenvalue weighted by Crippen LogP contribution is 2.24. The number of nitrogens with two attached hydrogens (primary N) is 1. The van der Waals surface area contributed by atoms with Crippen LogP contribution in [-0.2, 0) is 12.8 Å². The fourth-order valence-corrected chi connectivity index (χ4v) is 2.44. The second kappa shape index (κ2) is 5.15. The first-order chi connectivity index (χ1) is 8.22. The van der Waals surface area contributed by atoms with Gasteiger partial charge in [0.05, 0.1) is 0 Å². The number of primary amides is 1. The number of amides is 1. The highest BCUT2D eigenvalue weighted by Gasteiger charge is 2.21. The maximum Gasteiger partial charge on any atom is 0.248 e. The first-order valence-corrected chi connectivity index (χ1v) is 5.97. The lowest BCUT2D eigenvalue weighted by Gasteiger charge is -2.26. The van der Waals surface area contributed by atoms with Gasteiger partial charge in [-0.05, 0) is 36.5 Å². The second-order valence-electron chi connectivity index (χ2n) is 4.44. The molecule has 0 spiro atoms. The van der Waals surface area contributed by atoms with Gasteiger partial charge in [-0.1, -0.05) is 18.2 Å². The largest absolute Gasteiger partial charge is 0.366 e. The van der Waals surface area contributed by atoms with Crippen molar-refractivity contribution in [2.24, 2.45) is 5.73 Å². The van der Waals surface area contributed by atoms with Crippen molar-refractivity contribution in [3.63, 3.8) is 0 Å². The summed E-state index contributed by atoms with van der Waals surface area (Å²) in [6, 6.07) is 6.24. The highest BCUT2D eigenvalue weighted by atomic mass is 16.1. The Morgan fingerprint density at radius 2 is 2.41 bits per heavy atom. The van der Waals surface area contributed by atoms with Crippen LogP contribution in [0, 0.1) is 0 Å². The lowest BCUT2D eigenvalue weighted by atomic mass is 9.85. The molecule has 1 aliphatic rings. The van der Waals surface area contributed by atoms with Crippen molar-refractivity contribution in [2.45, 2.75) is 25.3 Å². The van der Waals surface area contributed by atoms with E-state index in [-0.39, 0.29) is 5.91 Å². The van der Waals surface area contributed by atoms with Gasteiger partial charge in [-0.15, -0.1) is 6.58 Å². The molecule has 1 atom stereocenters. The molecule has 0 aliphatic heterocycles. The van der Waals surface area contributed by atoms with Crippen LogP contribution in [0.15, 0.2) is 30.9 Å². The average Bonchev–Trinajstić information content (AvgIpc) is 2.35. The Labute approximate surface area is 102 Å². The van der Waals surface area contributed by atoms with E-state index in [0.717, 1.165) is 31.4 Å². The van der Waals surface area contributed by atoms with E-state index in [9.17, 15) is 4.79 Å². The molecule has 3 N–H and O–H groups in total. The van der Waals surface area contributed by atoms with Gasteiger partial charge in [-0.2, -0.15) is 0 Å². The van der Waals surface area contributed by atoms with Crippen LogP contribution in [0.1, 0.15) is 27.9 Å². The normalized spacial score (nSPS) is 18.5. The number of hydrogen-bond acceptors (Lipinski definition) is 2. The molecule has 0 heterocycles. The van der Waals surface area contributed by atoms with Crippen molar-refractivity contribution in [3.05, 3.63) is 47.5 Å². The zero-order valence-corrected chi connectivity index (χ0v) is 9.91. The molecule has 0 saturated heterocycles. The molecule has 0 fully saturated rings. The SMILES string of the molecule is C=CCNC1CCc2cccc(C(N)=O)c2C1. The van der Waals surface area contributed by atoms with E-state index in [1.165, 1.54) is 5.56 Å². The zero-order chi connectivity index (χ0) is 12.3. The molecular formula is C14H18N2O. The van der Waals surface area contributed by atoms with Crippen LogP contribution in [0.5, 0.6) is 0 Å². The minimum absolute atomic E-state index is 0.328. The van der Waals surface area contributed by atoms with Crippen molar-refractivity contribution in [2.75, 3.05) is 6.54 Å². The van der Waals surface area contributed by atoms with Gasteiger partial charge in [-0.3, -0.25) is 4.79 Å². The Bertz CT molecular complexity index is 440. The summed E-state index contributed by atoms with van der Waals surface area (Å²) >= 11 is 0. The number of carbonyl (C=O) groups is 1. The Morgan fingerprint density at radius 3 is 3.12 bits per heavy atom. The first kappa shape index (κ1) is 11.9. The summed E-state index contributed by atoms with van der Waals surface area (Å²) in [6.07, 6.45) is 4.84. The molecular weight excluding hydrogens is 212 g/mol. The van der Waals surface area contributed by atoms with Gasteiger partial charge >= 0.3 is 0 Å². The molecule has 90 valence electrons. The molecule has 17 heavy (non-hydrogen) atoms. The molecule has 1 unspecified atom stereocenters. The van der Waals surface area contributed by atoms with Gasteiger partial charge in [0.15, 0.2) is 0 Å². The van der Waals surface area contributed by atoms with Gasteiger partial charge in [0.2, 0.25) is 5.91 Å². The third-order valence-electron chi connectivity index (χ3n) is 3.30. The molecule has 3 heteroatoms. The molecule has 0 bridgehead atoms. The van der Waals surface area contributed by atoms with Crippen molar-refractivity contribution < 1.29 is 4.79 Å². The number of hydrogen-bond donors (Lipinski definition) is 2. The molecule has 1 amide bonds. The molecule has 0 saturated carbocycles. The van der Waals surface area contributed by atoms with E-state index in [4.69, 9.17) is 5.73 Å². The average molecular weight is 230 g/mol. The summed E-state index contributed by atoms with van der Waals surface area (Å²) in [7, 11) is 0. The maximum atomic E-state index is 11.4. The molecule has 0 radical (unpaired) electrons. The second-order valence-corrected chi connectivity index (χ2v) is 4.44. The number of fused-ring (bicyclic) bond motifs is 1. The predicted molar refractivity (Wildman–Crippen MR) is 69.0 cm³/mol. The predicted octanol–water partition coefficient (Wildman–Crippen LogP) is 1.42. The summed E-state index contributed by atoms with van der Waals surface area (Å²) in [5, 5.41) is 3.41. The Morgan fingerprint density at radius 1 is 1.59 bits per heavy atom. The molecule has 1 aromatic rings. The van der Waals surface area contributed by atoms with Crippen LogP contribution in [0.4, 0.5) is 0 Å². The summed E-state index contributed by atoms with van der Waals surface area (Å²) in [6.45, 7) is 4.50. The Hall–Kier alpha value is -1.61. The van der Waals surface area contributed by atoms with Crippen LogP contribution in [-0.4, -0.2) is 18.5 Å². The number of aryl methyl sites for hydroxylation is 1. The highest BCUT2D eigenvalue weighted by molar-refractivity contribution is 5.94. The molecule has 3 nitrogen and oxygen atoms in total. The topological polar surface area (TPSA) is 55.1 Å². The van der Waals surface area contributed by atoms with Crippen LogP contribution in [0.25, 0.3) is 0 Å². The number of rotatable bonds is 4. The van der Waals surface area contributed by atoms with E-state index in [1.54, 1.807) is 0 Å². The zero-order valence-electron chi connectivity index (χ0n) is 9.91. The van der Waals surface area contributed by atoms with Crippen molar-refractivity contribution in [1.29, 1.82) is 0 Å². The van der Waals surface area contributed by atoms with Gasteiger partial charge < -0.3 is 11.1 Å². The van der Waals surface area contributed by atoms with Gasteiger partial charge in [0, 0.05) is 18.2 Å². The van der Waals surface area contributed by atoms with E-state index >= 15 is 0 Å². The molecule has 1 aromatic carbocycles. The minimum Gasteiger partial charge on any atom is -0.366 e. The smallest absolute Gasteiger partial charge is 0.248 e. The van der Waals surface area contributed by atoms with E-state index < -0.39 is 0 Å². The summed E-state index contributed by atoms with van der Waals surface area (Å²) in [4.78, 5) is 11.4. The lowest BCUT2D eigenvalue weighted by Crippen LogP contribution is -2.35.